The second kappa shape index (κ2) is 10.3. The molecule has 2 aromatic carbocycles. The van der Waals surface area contributed by atoms with Crippen LogP contribution < -0.4 is 10.0 Å². The van der Waals surface area contributed by atoms with Crippen LogP contribution in [0.1, 0.15) is 18.9 Å². The minimum absolute atomic E-state index is 0.0198. The van der Waals surface area contributed by atoms with E-state index in [9.17, 15) is 28.1 Å². The lowest BCUT2D eigenvalue weighted by Gasteiger charge is -2.14. The Kier molecular flexibility index (Phi) is 8.08. The summed E-state index contributed by atoms with van der Waals surface area (Å²) >= 11 is 5.93. The van der Waals surface area contributed by atoms with Crippen LogP contribution in [0, 0.1) is 10.1 Å². The molecule has 10 nitrogen and oxygen atoms in total. The molecule has 2 N–H and O–H groups in total. The number of hydrogen-bond donors (Lipinski definition) is 2. The third-order valence-corrected chi connectivity index (χ3v) is 5.96. The van der Waals surface area contributed by atoms with Crippen LogP contribution >= 0.6 is 11.6 Å². The summed E-state index contributed by atoms with van der Waals surface area (Å²) in [6.45, 7) is 1.38. The highest BCUT2D eigenvalue weighted by Crippen LogP contribution is 2.26. The Morgan fingerprint density at radius 1 is 1.19 bits per heavy atom. The lowest BCUT2D eigenvalue weighted by atomic mass is 10.1. The molecule has 0 fully saturated rings. The first-order valence-corrected chi connectivity index (χ1v) is 10.9. The molecule has 31 heavy (non-hydrogen) atoms. The molecule has 1 atom stereocenters. The number of halogens is 1. The van der Waals surface area contributed by atoms with Gasteiger partial charge in [0, 0.05) is 18.6 Å². The standard InChI is InChI=1S/C19H20ClN3O7S/c1-12(19(25)22-17-9-6-14(23(26)27)11-16(17)20)30-18(24)10-5-13-3-7-15(8-4-13)31(28,29)21-2/h3-4,6-9,11-12,21H,5,10H2,1-2H3,(H,22,25). The van der Waals surface area contributed by atoms with Gasteiger partial charge in [0.25, 0.3) is 11.6 Å². The largest absolute Gasteiger partial charge is 0.453 e. The maximum absolute atomic E-state index is 12.2. The van der Waals surface area contributed by atoms with Gasteiger partial charge in [-0.3, -0.25) is 19.7 Å². The molecule has 0 spiro atoms. The number of anilines is 1. The zero-order valence-electron chi connectivity index (χ0n) is 16.6. The molecule has 1 unspecified atom stereocenters. The predicted molar refractivity (Wildman–Crippen MR) is 113 cm³/mol. The Balaban J connectivity index is 1.88. The first-order valence-electron chi connectivity index (χ1n) is 9.00. The highest BCUT2D eigenvalue weighted by molar-refractivity contribution is 7.89. The van der Waals surface area contributed by atoms with E-state index in [4.69, 9.17) is 16.3 Å². The van der Waals surface area contributed by atoms with E-state index < -0.39 is 32.9 Å². The topological polar surface area (TPSA) is 145 Å². The summed E-state index contributed by atoms with van der Waals surface area (Å²) in [5.74, 6) is -1.27. The SMILES string of the molecule is CNS(=O)(=O)c1ccc(CCC(=O)OC(C)C(=O)Nc2ccc([N+](=O)[O-])cc2Cl)cc1. The number of aryl methyl sites for hydroxylation is 1. The normalized spacial score (nSPS) is 12.1. The highest BCUT2D eigenvalue weighted by atomic mass is 35.5. The minimum Gasteiger partial charge on any atom is -0.453 e. The predicted octanol–water partition coefficient (Wildman–Crippen LogP) is 2.66. The second-order valence-corrected chi connectivity index (χ2v) is 8.69. The Morgan fingerprint density at radius 3 is 2.39 bits per heavy atom. The summed E-state index contributed by atoms with van der Waals surface area (Å²) in [5, 5.41) is 13.2. The van der Waals surface area contributed by atoms with E-state index in [-0.39, 0.29) is 27.7 Å². The summed E-state index contributed by atoms with van der Waals surface area (Å²) in [6.07, 6.45) is -0.850. The molecule has 0 saturated heterocycles. The molecule has 12 heteroatoms. The van der Waals surface area contributed by atoms with Gasteiger partial charge in [0.2, 0.25) is 10.0 Å². The van der Waals surface area contributed by atoms with Crippen molar-refractivity contribution in [3.8, 4) is 0 Å². The fraction of sp³-hybridized carbons (Fsp3) is 0.263. The first kappa shape index (κ1) is 24.3. The van der Waals surface area contributed by atoms with Crippen molar-refractivity contribution in [2.24, 2.45) is 0 Å². The molecular formula is C19H20ClN3O7S. The van der Waals surface area contributed by atoms with Crippen molar-refractivity contribution < 1.29 is 27.7 Å². The fourth-order valence-electron chi connectivity index (χ4n) is 2.46. The Hall–Kier alpha value is -3.02. The first-order chi connectivity index (χ1) is 14.5. The summed E-state index contributed by atoms with van der Waals surface area (Å²) in [5.41, 5.74) is 0.651. The van der Waals surface area contributed by atoms with Gasteiger partial charge in [-0.25, -0.2) is 13.1 Å². The fourth-order valence-corrected chi connectivity index (χ4v) is 3.41. The number of esters is 1. The van der Waals surface area contributed by atoms with Gasteiger partial charge in [-0.15, -0.1) is 0 Å². The van der Waals surface area contributed by atoms with Crippen LogP contribution in [0.15, 0.2) is 47.4 Å². The number of nitro groups is 1. The lowest BCUT2D eigenvalue weighted by Crippen LogP contribution is -2.30. The van der Waals surface area contributed by atoms with Crippen LogP contribution in [0.25, 0.3) is 0 Å². The van der Waals surface area contributed by atoms with Crippen LogP contribution in [0.5, 0.6) is 0 Å². The zero-order valence-corrected chi connectivity index (χ0v) is 18.2. The lowest BCUT2D eigenvalue weighted by molar-refractivity contribution is -0.384. The number of carbonyl (C=O) groups excluding carboxylic acids is 2. The van der Waals surface area contributed by atoms with Crippen LogP contribution in [-0.2, 0) is 30.8 Å². The smallest absolute Gasteiger partial charge is 0.306 e. The van der Waals surface area contributed by atoms with Crippen molar-refractivity contribution in [2.75, 3.05) is 12.4 Å². The molecule has 0 aliphatic carbocycles. The molecular weight excluding hydrogens is 450 g/mol. The zero-order chi connectivity index (χ0) is 23.2. The molecule has 0 radical (unpaired) electrons. The Morgan fingerprint density at radius 2 is 1.84 bits per heavy atom. The number of benzene rings is 2. The van der Waals surface area contributed by atoms with Gasteiger partial charge in [-0.1, -0.05) is 23.7 Å². The number of hydrogen-bond acceptors (Lipinski definition) is 7. The third kappa shape index (κ3) is 6.74. The number of rotatable bonds is 9. The van der Waals surface area contributed by atoms with E-state index in [1.807, 2.05) is 0 Å². The number of carbonyl (C=O) groups is 2. The highest BCUT2D eigenvalue weighted by Gasteiger charge is 2.20. The Labute approximate surface area is 183 Å². The van der Waals surface area contributed by atoms with E-state index in [2.05, 4.69) is 10.0 Å². The number of nitrogens with one attached hydrogen (secondary N) is 2. The average Bonchev–Trinajstić information content (AvgIpc) is 2.73. The van der Waals surface area contributed by atoms with Crippen LogP contribution in [0.3, 0.4) is 0 Å². The molecule has 0 saturated carbocycles. The van der Waals surface area contributed by atoms with Gasteiger partial charge >= 0.3 is 5.97 Å². The molecule has 0 aromatic heterocycles. The molecule has 0 aliphatic heterocycles. The van der Waals surface area contributed by atoms with Crippen molar-refractivity contribution in [1.29, 1.82) is 0 Å². The van der Waals surface area contributed by atoms with E-state index >= 15 is 0 Å². The molecule has 0 bridgehead atoms. The number of sulfonamides is 1. The van der Waals surface area contributed by atoms with E-state index in [1.165, 1.54) is 38.2 Å². The van der Waals surface area contributed by atoms with Gasteiger partial charge in [-0.05, 0) is 44.2 Å². The maximum Gasteiger partial charge on any atom is 0.306 e. The molecule has 0 aliphatic rings. The average molecular weight is 470 g/mol. The molecule has 2 aromatic rings. The number of nitro benzene ring substituents is 1. The van der Waals surface area contributed by atoms with E-state index in [0.29, 0.717) is 6.42 Å². The minimum atomic E-state index is -3.54. The van der Waals surface area contributed by atoms with Gasteiger partial charge < -0.3 is 10.1 Å². The van der Waals surface area contributed by atoms with Crippen LogP contribution in [-0.4, -0.2) is 38.4 Å². The molecule has 0 heterocycles. The monoisotopic (exact) mass is 469 g/mol. The third-order valence-electron chi connectivity index (χ3n) is 4.22. The van der Waals surface area contributed by atoms with Gasteiger partial charge in [0.15, 0.2) is 6.10 Å². The summed E-state index contributed by atoms with van der Waals surface area (Å²) in [4.78, 5) is 34.5. The van der Waals surface area contributed by atoms with E-state index in [1.54, 1.807) is 12.1 Å². The number of amides is 1. The van der Waals surface area contributed by atoms with Gasteiger partial charge in [0.05, 0.1) is 20.5 Å². The molecule has 2 rings (SSSR count). The van der Waals surface area contributed by atoms with Crippen molar-refractivity contribution in [3.63, 3.8) is 0 Å². The maximum atomic E-state index is 12.2. The quantitative estimate of drug-likeness (QED) is 0.326. The summed E-state index contributed by atoms with van der Waals surface area (Å²) in [7, 11) is -2.22. The van der Waals surface area contributed by atoms with Gasteiger partial charge in [0.1, 0.15) is 0 Å². The van der Waals surface area contributed by atoms with Crippen molar-refractivity contribution in [3.05, 3.63) is 63.2 Å². The number of ether oxygens (including phenoxy) is 1. The van der Waals surface area contributed by atoms with E-state index in [0.717, 1.165) is 11.6 Å². The van der Waals surface area contributed by atoms with Crippen molar-refractivity contribution >= 4 is 44.9 Å². The summed E-state index contributed by atoms with van der Waals surface area (Å²) in [6, 6.07) is 9.60. The summed E-state index contributed by atoms with van der Waals surface area (Å²) < 4.78 is 30.7. The Bertz CT molecular complexity index is 1090. The van der Waals surface area contributed by atoms with Crippen LogP contribution in [0.4, 0.5) is 11.4 Å². The van der Waals surface area contributed by atoms with Crippen LogP contribution in [0.2, 0.25) is 5.02 Å². The van der Waals surface area contributed by atoms with Gasteiger partial charge in [-0.2, -0.15) is 0 Å². The van der Waals surface area contributed by atoms with Crippen molar-refractivity contribution in [2.45, 2.75) is 30.8 Å². The number of nitrogens with zero attached hydrogens (tertiary/aromatic N) is 1. The molecule has 166 valence electrons. The number of non-ortho nitro benzene ring substituents is 1. The second-order valence-electron chi connectivity index (χ2n) is 6.39. The molecule has 1 amide bonds. The van der Waals surface area contributed by atoms with Crippen molar-refractivity contribution in [1.82, 2.24) is 4.72 Å².